The monoisotopic (exact) mass is 438 g/mol. The van der Waals surface area contributed by atoms with Crippen molar-refractivity contribution in [2.24, 2.45) is 0 Å². The number of hydrogen-bond donors (Lipinski definition) is 0. The molecule has 4 rings (SSSR count). The second-order valence-electron chi connectivity index (χ2n) is 8.20. The number of rotatable bonds is 4. The van der Waals surface area contributed by atoms with Gasteiger partial charge in [0.05, 0.1) is 16.1 Å². The summed E-state index contributed by atoms with van der Waals surface area (Å²) in [5.41, 5.74) is 2.20. The number of pyridine rings is 1. The molecule has 0 N–H and O–H groups in total. The molecule has 0 aliphatic carbocycles. The van der Waals surface area contributed by atoms with Gasteiger partial charge in [0.1, 0.15) is 4.83 Å². The normalized spacial score (nSPS) is 16.0. The highest BCUT2D eigenvalue weighted by atomic mass is 32.1. The second-order valence-corrected chi connectivity index (χ2v) is 9.20. The summed E-state index contributed by atoms with van der Waals surface area (Å²) in [5.74, 6) is 0.579. The van der Waals surface area contributed by atoms with E-state index in [2.05, 4.69) is 15.0 Å². The molecule has 8 nitrogen and oxygen atoms in total. The van der Waals surface area contributed by atoms with Crippen molar-refractivity contribution in [1.29, 1.82) is 0 Å². The third kappa shape index (κ3) is 3.85. The molecule has 1 saturated heterocycles. The molecule has 3 aromatic rings. The number of aryl methyl sites for hydroxylation is 1. The van der Waals surface area contributed by atoms with Crippen LogP contribution in [-0.2, 0) is 0 Å². The van der Waals surface area contributed by atoms with Crippen molar-refractivity contribution in [1.82, 2.24) is 24.8 Å². The van der Waals surface area contributed by atoms with E-state index in [1.807, 2.05) is 43.0 Å². The van der Waals surface area contributed by atoms with E-state index in [-0.39, 0.29) is 17.7 Å². The standard InChI is InChI=1S/C22H26N6O2S/c1-13-16(11-24-22(25-13)27(4)5)20(29)28-10-8-14(12-28)17-15-7-6-9-23-19(15)31-18(17)21(30)26(2)3/h6-7,9,11,14H,8,10,12H2,1-5H3. The zero-order chi connectivity index (χ0) is 22.3. The van der Waals surface area contributed by atoms with Crippen molar-refractivity contribution in [3.8, 4) is 0 Å². The number of nitrogens with zero attached hydrogens (tertiary/aromatic N) is 6. The Morgan fingerprint density at radius 3 is 2.65 bits per heavy atom. The van der Waals surface area contributed by atoms with Gasteiger partial charge in [-0.1, -0.05) is 6.07 Å². The molecule has 4 heterocycles. The van der Waals surface area contributed by atoms with Crippen molar-refractivity contribution in [3.63, 3.8) is 0 Å². The lowest BCUT2D eigenvalue weighted by Crippen LogP contribution is -2.30. The third-order valence-electron chi connectivity index (χ3n) is 5.59. The van der Waals surface area contributed by atoms with Crippen molar-refractivity contribution >= 4 is 39.3 Å². The molecule has 0 spiro atoms. The van der Waals surface area contributed by atoms with E-state index in [0.29, 0.717) is 35.2 Å². The largest absolute Gasteiger partial charge is 0.347 e. The molecule has 3 aromatic heterocycles. The summed E-state index contributed by atoms with van der Waals surface area (Å²) in [5, 5.41) is 1.01. The summed E-state index contributed by atoms with van der Waals surface area (Å²) in [7, 11) is 7.26. The van der Waals surface area contributed by atoms with Crippen molar-refractivity contribution in [2.45, 2.75) is 19.3 Å². The number of thiophene rings is 1. The van der Waals surface area contributed by atoms with E-state index in [4.69, 9.17) is 0 Å². The maximum atomic E-state index is 13.2. The number of carbonyl (C=O) groups excluding carboxylic acids is 2. The number of likely N-dealkylation sites (tertiary alicyclic amines) is 1. The van der Waals surface area contributed by atoms with E-state index in [0.717, 1.165) is 22.2 Å². The first-order valence-electron chi connectivity index (χ1n) is 10.2. The molecule has 1 fully saturated rings. The van der Waals surface area contributed by atoms with Gasteiger partial charge < -0.3 is 14.7 Å². The highest BCUT2D eigenvalue weighted by Gasteiger charge is 2.34. The first kappa shape index (κ1) is 21.2. The minimum atomic E-state index is -0.0662. The Kier molecular flexibility index (Phi) is 5.62. The Hall–Kier alpha value is -3.07. The fourth-order valence-corrected chi connectivity index (χ4v) is 5.20. The lowest BCUT2D eigenvalue weighted by atomic mass is 9.95. The van der Waals surface area contributed by atoms with Crippen LogP contribution in [0.2, 0.25) is 0 Å². The lowest BCUT2D eigenvalue weighted by molar-refractivity contribution is 0.0789. The molecule has 0 saturated carbocycles. The van der Waals surface area contributed by atoms with Crippen LogP contribution in [0, 0.1) is 6.92 Å². The predicted molar refractivity (Wildman–Crippen MR) is 122 cm³/mol. The van der Waals surface area contributed by atoms with E-state index < -0.39 is 0 Å². The fraction of sp³-hybridized carbons (Fsp3) is 0.409. The van der Waals surface area contributed by atoms with Gasteiger partial charge in [-0.2, -0.15) is 0 Å². The van der Waals surface area contributed by atoms with E-state index in [9.17, 15) is 9.59 Å². The molecular formula is C22H26N6O2S. The molecule has 2 amide bonds. The third-order valence-corrected chi connectivity index (χ3v) is 6.70. The van der Waals surface area contributed by atoms with Crippen molar-refractivity contribution in [2.75, 3.05) is 46.2 Å². The minimum absolute atomic E-state index is 0.0219. The van der Waals surface area contributed by atoms with Gasteiger partial charge in [-0.3, -0.25) is 9.59 Å². The van der Waals surface area contributed by atoms with E-state index in [1.54, 1.807) is 31.4 Å². The first-order valence-corrected chi connectivity index (χ1v) is 11.0. The van der Waals surface area contributed by atoms with Crippen LogP contribution in [0.4, 0.5) is 5.95 Å². The van der Waals surface area contributed by atoms with Crippen LogP contribution in [-0.4, -0.2) is 77.8 Å². The first-order chi connectivity index (χ1) is 14.8. The molecule has 9 heteroatoms. The summed E-state index contributed by atoms with van der Waals surface area (Å²) >= 11 is 1.43. The number of hydrogen-bond acceptors (Lipinski definition) is 7. The van der Waals surface area contributed by atoms with Gasteiger partial charge in [-0.25, -0.2) is 15.0 Å². The van der Waals surface area contributed by atoms with Gasteiger partial charge in [0.25, 0.3) is 11.8 Å². The maximum Gasteiger partial charge on any atom is 0.263 e. The molecule has 1 aliphatic rings. The molecule has 1 aliphatic heterocycles. The van der Waals surface area contributed by atoms with E-state index in [1.165, 1.54) is 11.3 Å². The summed E-state index contributed by atoms with van der Waals surface area (Å²) in [6, 6.07) is 3.91. The number of fused-ring (bicyclic) bond motifs is 1. The van der Waals surface area contributed by atoms with Crippen molar-refractivity contribution < 1.29 is 9.59 Å². The molecule has 1 atom stereocenters. The molecule has 162 valence electrons. The fourth-order valence-electron chi connectivity index (χ4n) is 3.95. The van der Waals surface area contributed by atoms with Gasteiger partial charge in [-0.05, 0) is 25.0 Å². The SMILES string of the molecule is Cc1nc(N(C)C)ncc1C(=O)N1CCC(c2c(C(=O)N(C)C)sc3ncccc23)C1. The highest BCUT2D eigenvalue weighted by molar-refractivity contribution is 7.20. The van der Waals surface area contributed by atoms with Crippen LogP contribution in [0.25, 0.3) is 10.2 Å². The molecule has 0 aromatic carbocycles. The molecule has 0 radical (unpaired) electrons. The van der Waals surface area contributed by atoms with Crippen LogP contribution < -0.4 is 4.90 Å². The Labute approximate surface area is 185 Å². The number of amides is 2. The Morgan fingerprint density at radius 2 is 1.97 bits per heavy atom. The number of anilines is 1. The predicted octanol–water partition coefficient (Wildman–Crippen LogP) is 2.79. The summed E-state index contributed by atoms with van der Waals surface area (Å²) in [4.78, 5) is 46.1. The molecular weight excluding hydrogens is 412 g/mol. The topological polar surface area (TPSA) is 82.5 Å². The summed E-state index contributed by atoms with van der Waals surface area (Å²) < 4.78 is 0. The lowest BCUT2D eigenvalue weighted by Gasteiger charge is -2.19. The average molecular weight is 439 g/mol. The van der Waals surface area contributed by atoms with Crippen LogP contribution in [0.5, 0.6) is 0 Å². The van der Waals surface area contributed by atoms with Crippen LogP contribution in [0.3, 0.4) is 0 Å². The zero-order valence-electron chi connectivity index (χ0n) is 18.4. The number of carbonyl (C=O) groups is 2. The summed E-state index contributed by atoms with van der Waals surface area (Å²) in [6.07, 6.45) is 4.16. The molecule has 31 heavy (non-hydrogen) atoms. The van der Waals surface area contributed by atoms with Gasteiger partial charge in [0.15, 0.2) is 0 Å². The average Bonchev–Trinajstić information content (AvgIpc) is 3.37. The minimum Gasteiger partial charge on any atom is -0.347 e. The summed E-state index contributed by atoms with van der Waals surface area (Å²) in [6.45, 7) is 3.02. The zero-order valence-corrected chi connectivity index (χ0v) is 19.2. The van der Waals surface area contributed by atoms with Gasteiger partial charge in [0.2, 0.25) is 5.95 Å². The Bertz CT molecular complexity index is 1160. The van der Waals surface area contributed by atoms with Gasteiger partial charge in [-0.15, -0.1) is 11.3 Å². The maximum absolute atomic E-state index is 13.2. The van der Waals surface area contributed by atoms with Crippen LogP contribution >= 0.6 is 11.3 Å². The van der Waals surface area contributed by atoms with Crippen molar-refractivity contribution in [3.05, 3.63) is 46.2 Å². The van der Waals surface area contributed by atoms with Gasteiger partial charge in [0, 0.05) is 65.0 Å². The Balaban J connectivity index is 1.64. The second kappa shape index (κ2) is 8.22. The molecule has 0 bridgehead atoms. The van der Waals surface area contributed by atoms with Crippen LogP contribution in [0.15, 0.2) is 24.5 Å². The Morgan fingerprint density at radius 1 is 1.19 bits per heavy atom. The molecule has 1 unspecified atom stereocenters. The van der Waals surface area contributed by atoms with Crippen LogP contribution in [0.1, 0.15) is 43.6 Å². The van der Waals surface area contributed by atoms with E-state index >= 15 is 0 Å². The quantitative estimate of drug-likeness (QED) is 0.623. The highest BCUT2D eigenvalue weighted by Crippen LogP contribution is 2.40. The van der Waals surface area contributed by atoms with Gasteiger partial charge >= 0.3 is 0 Å². The number of aromatic nitrogens is 3. The smallest absolute Gasteiger partial charge is 0.263 e.